The van der Waals surface area contributed by atoms with Crippen molar-refractivity contribution in [3.63, 3.8) is 0 Å². The number of oxazole rings is 1. The summed E-state index contributed by atoms with van der Waals surface area (Å²) in [5.41, 5.74) is 0.851. The summed E-state index contributed by atoms with van der Waals surface area (Å²) in [6.07, 6.45) is 0. The van der Waals surface area contributed by atoms with Crippen molar-refractivity contribution in [2.75, 3.05) is 0 Å². The first-order valence-corrected chi connectivity index (χ1v) is 5.94. The summed E-state index contributed by atoms with van der Waals surface area (Å²) in [5, 5.41) is 19.9. The molecule has 0 bridgehead atoms. The lowest BCUT2D eigenvalue weighted by molar-refractivity contribution is -0.384. The number of para-hydroxylation sites is 1. The van der Waals surface area contributed by atoms with Gasteiger partial charge >= 0.3 is 5.97 Å². The van der Waals surface area contributed by atoms with Crippen LogP contribution in [0, 0.1) is 10.1 Å². The van der Waals surface area contributed by atoms with E-state index in [9.17, 15) is 14.9 Å². The molecule has 0 spiro atoms. The third-order valence-electron chi connectivity index (χ3n) is 2.95. The number of carboxylic acid groups (broad SMARTS) is 1. The van der Waals surface area contributed by atoms with Gasteiger partial charge in [-0.3, -0.25) is 10.1 Å². The summed E-state index contributed by atoms with van der Waals surface area (Å²) in [4.78, 5) is 25.6. The van der Waals surface area contributed by atoms with E-state index in [1.807, 2.05) is 0 Å². The van der Waals surface area contributed by atoms with Crippen LogP contribution in [0.1, 0.15) is 10.4 Å². The van der Waals surface area contributed by atoms with Gasteiger partial charge in [0.2, 0.25) is 5.89 Å². The maximum absolute atomic E-state index is 11.1. The Bertz CT molecular complexity index is 869. The van der Waals surface area contributed by atoms with Gasteiger partial charge < -0.3 is 9.52 Å². The molecule has 0 atom stereocenters. The molecule has 1 N–H and O–H groups in total. The van der Waals surface area contributed by atoms with E-state index in [0.717, 1.165) is 0 Å². The first-order chi connectivity index (χ1) is 10.1. The van der Waals surface area contributed by atoms with Crippen LogP contribution in [0.4, 0.5) is 5.69 Å². The predicted molar refractivity (Wildman–Crippen MR) is 73.1 cm³/mol. The minimum absolute atomic E-state index is 0.00307. The number of nitro groups is 1. The second-order valence-electron chi connectivity index (χ2n) is 4.29. The van der Waals surface area contributed by atoms with Crippen LogP contribution in [0.15, 0.2) is 46.9 Å². The fraction of sp³-hybridized carbons (Fsp3) is 0. The molecule has 1 aromatic heterocycles. The van der Waals surface area contributed by atoms with E-state index < -0.39 is 10.9 Å². The number of carbonyl (C=O) groups is 1. The van der Waals surface area contributed by atoms with Gasteiger partial charge in [-0.15, -0.1) is 0 Å². The Morgan fingerprint density at radius 3 is 2.71 bits per heavy atom. The molecule has 0 aliphatic carbocycles. The number of hydrogen-bond acceptors (Lipinski definition) is 5. The zero-order valence-corrected chi connectivity index (χ0v) is 10.5. The molecule has 0 saturated carbocycles. The molecule has 2 aromatic carbocycles. The molecular weight excluding hydrogens is 276 g/mol. The number of nitrogens with zero attached hydrogens (tertiary/aromatic N) is 2. The monoisotopic (exact) mass is 284 g/mol. The van der Waals surface area contributed by atoms with Crippen LogP contribution in [-0.2, 0) is 0 Å². The number of hydrogen-bond donors (Lipinski definition) is 1. The smallest absolute Gasteiger partial charge is 0.339 e. The highest BCUT2D eigenvalue weighted by atomic mass is 16.6. The van der Waals surface area contributed by atoms with Gasteiger partial charge in [-0.25, -0.2) is 9.78 Å². The quantitative estimate of drug-likeness (QED) is 0.585. The van der Waals surface area contributed by atoms with Crippen LogP contribution >= 0.6 is 0 Å². The molecule has 3 aromatic rings. The molecule has 0 radical (unpaired) electrons. The molecular formula is C14H8N2O5. The highest BCUT2D eigenvalue weighted by molar-refractivity contribution is 6.00. The van der Waals surface area contributed by atoms with Crippen LogP contribution in [0.5, 0.6) is 0 Å². The number of fused-ring (bicyclic) bond motifs is 1. The molecule has 0 aliphatic rings. The van der Waals surface area contributed by atoms with Crippen molar-refractivity contribution in [2.24, 2.45) is 0 Å². The molecule has 3 rings (SSSR count). The molecule has 7 heteroatoms. The topological polar surface area (TPSA) is 106 Å². The van der Waals surface area contributed by atoms with E-state index in [-0.39, 0.29) is 22.7 Å². The van der Waals surface area contributed by atoms with E-state index in [1.165, 1.54) is 24.3 Å². The Labute approximate surface area is 117 Å². The van der Waals surface area contributed by atoms with Gasteiger partial charge in [-0.2, -0.15) is 0 Å². The zero-order chi connectivity index (χ0) is 15.0. The molecule has 0 amide bonds. The molecule has 104 valence electrons. The van der Waals surface area contributed by atoms with Crippen molar-refractivity contribution in [2.45, 2.75) is 0 Å². The lowest BCUT2D eigenvalue weighted by Gasteiger charge is -1.95. The fourth-order valence-electron chi connectivity index (χ4n) is 1.99. The average molecular weight is 284 g/mol. The van der Waals surface area contributed by atoms with Crippen LogP contribution < -0.4 is 0 Å². The lowest BCUT2D eigenvalue weighted by Crippen LogP contribution is -1.95. The number of nitro benzene ring substituents is 1. The molecule has 0 aliphatic heterocycles. The first-order valence-electron chi connectivity index (χ1n) is 5.94. The average Bonchev–Trinajstić information content (AvgIpc) is 2.91. The van der Waals surface area contributed by atoms with Crippen LogP contribution in [-0.4, -0.2) is 21.0 Å². The number of aromatic nitrogens is 1. The van der Waals surface area contributed by atoms with Gasteiger partial charge in [0.15, 0.2) is 5.58 Å². The van der Waals surface area contributed by atoms with Crippen molar-refractivity contribution in [3.05, 3.63) is 58.1 Å². The minimum atomic E-state index is -1.12. The Hall–Kier alpha value is -3.22. The number of non-ortho nitro benzene ring substituents is 1. The van der Waals surface area contributed by atoms with E-state index in [1.54, 1.807) is 18.2 Å². The number of rotatable bonds is 3. The largest absolute Gasteiger partial charge is 0.478 e. The molecule has 0 saturated heterocycles. The van der Waals surface area contributed by atoms with Crippen molar-refractivity contribution >= 4 is 22.8 Å². The Kier molecular flexibility index (Phi) is 2.87. The fourth-order valence-corrected chi connectivity index (χ4v) is 1.99. The van der Waals surface area contributed by atoms with Crippen molar-refractivity contribution in [1.82, 2.24) is 4.98 Å². The van der Waals surface area contributed by atoms with Crippen molar-refractivity contribution in [3.8, 4) is 11.5 Å². The summed E-state index contributed by atoms with van der Waals surface area (Å²) in [6.45, 7) is 0. The zero-order valence-electron chi connectivity index (χ0n) is 10.5. The second kappa shape index (κ2) is 4.71. The third-order valence-corrected chi connectivity index (χ3v) is 2.95. The Morgan fingerprint density at radius 2 is 2.00 bits per heavy atom. The van der Waals surface area contributed by atoms with Crippen LogP contribution in [0.3, 0.4) is 0 Å². The second-order valence-corrected chi connectivity index (χ2v) is 4.29. The molecule has 0 fully saturated rings. The van der Waals surface area contributed by atoms with Crippen LogP contribution in [0.2, 0.25) is 0 Å². The summed E-state index contributed by atoms with van der Waals surface area (Å²) in [5.74, 6) is -0.982. The number of aromatic carboxylic acids is 1. The van der Waals surface area contributed by atoms with Gasteiger partial charge in [0.05, 0.1) is 4.92 Å². The first kappa shape index (κ1) is 12.8. The molecule has 7 nitrogen and oxygen atoms in total. The van der Waals surface area contributed by atoms with E-state index in [0.29, 0.717) is 11.1 Å². The van der Waals surface area contributed by atoms with Gasteiger partial charge in [-0.05, 0) is 18.2 Å². The molecule has 21 heavy (non-hydrogen) atoms. The Morgan fingerprint density at radius 1 is 1.24 bits per heavy atom. The van der Waals surface area contributed by atoms with Gasteiger partial charge in [0, 0.05) is 17.7 Å². The van der Waals surface area contributed by atoms with E-state index in [2.05, 4.69) is 4.98 Å². The van der Waals surface area contributed by atoms with Gasteiger partial charge in [0.25, 0.3) is 5.69 Å². The normalized spacial score (nSPS) is 10.7. The molecule has 1 heterocycles. The maximum atomic E-state index is 11.1. The lowest BCUT2D eigenvalue weighted by atomic mass is 10.2. The summed E-state index contributed by atoms with van der Waals surface area (Å²) in [6, 6.07) is 10.4. The summed E-state index contributed by atoms with van der Waals surface area (Å²) < 4.78 is 5.47. The summed E-state index contributed by atoms with van der Waals surface area (Å²) in [7, 11) is 0. The van der Waals surface area contributed by atoms with Gasteiger partial charge in [-0.1, -0.05) is 12.1 Å². The number of benzene rings is 2. The van der Waals surface area contributed by atoms with E-state index in [4.69, 9.17) is 9.52 Å². The third kappa shape index (κ3) is 2.20. The van der Waals surface area contributed by atoms with E-state index >= 15 is 0 Å². The van der Waals surface area contributed by atoms with Crippen molar-refractivity contribution in [1.29, 1.82) is 0 Å². The van der Waals surface area contributed by atoms with Crippen LogP contribution in [0.25, 0.3) is 22.6 Å². The standard InChI is InChI=1S/C14H8N2O5/c17-14(18)10-5-2-6-11-12(10)21-13(15-11)8-3-1-4-9(7-8)16(19)20/h1-7H,(H,17,18). The Balaban J connectivity index is 2.18. The highest BCUT2D eigenvalue weighted by Gasteiger charge is 2.16. The SMILES string of the molecule is O=C(O)c1cccc2nc(-c3cccc([N+](=O)[O-])c3)oc12. The maximum Gasteiger partial charge on any atom is 0.339 e. The predicted octanol–water partition coefficient (Wildman–Crippen LogP) is 3.10. The summed E-state index contributed by atoms with van der Waals surface area (Å²) >= 11 is 0. The number of carboxylic acids is 1. The molecule has 0 unspecified atom stereocenters. The van der Waals surface area contributed by atoms with Gasteiger partial charge in [0.1, 0.15) is 11.1 Å². The van der Waals surface area contributed by atoms with Crippen molar-refractivity contribution < 1.29 is 19.2 Å². The minimum Gasteiger partial charge on any atom is -0.478 e. The highest BCUT2D eigenvalue weighted by Crippen LogP contribution is 2.28.